The van der Waals surface area contributed by atoms with Crippen LogP contribution in [0.25, 0.3) is 23.8 Å². The van der Waals surface area contributed by atoms with Crippen molar-refractivity contribution in [3.63, 3.8) is 0 Å². The molecule has 4 aromatic carbocycles. The van der Waals surface area contributed by atoms with E-state index in [0.29, 0.717) is 0 Å². The molecule has 0 saturated carbocycles. The van der Waals surface area contributed by atoms with Gasteiger partial charge in [0.05, 0.1) is 0 Å². The van der Waals surface area contributed by atoms with Crippen LogP contribution in [0.15, 0.2) is 97.1 Å². The Morgan fingerprint density at radius 3 is 1.63 bits per heavy atom. The molecule has 4 aromatic rings. The molecule has 144 valence electrons. The fourth-order valence-corrected chi connectivity index (χ4v) is 3.89. The first-order valence-electron chi connectivity index (χ1n) is 10.3. The van der Waals surface area contributed by atoms with Crippen molar-refractivity contribution in [3.8, 4) is 0 Å². The van der Waals surface area contributed by atoms with E-state index in [-0.39, 0.29) is 0 Å². The van der Waals surface area contributed by atoms with Crippen molar-refractivity contribution < 1.29 is 0 Å². The molecule has 0 atom stereocenters. The predicted molar refractivity (Wildman–Crippen MR) is 130 cm³/mol. The SMILES string of the molecule is Cc1ccc(Nc2ccc(C=C3c4ccccc4C=Cc4ccccc43)cc2)cc1. The lowest BCUT2D eigenvalue weighted by atomic mass is 9.92. The van der Waals surface area contributed by atoms with E-state index in [0.717, 1.165) is 11.4 Å². The molecule has 0 fully saturated rings. The highest BCUT2D eigenvalue weighted by atomic mass is 14.9. The Hall–Kier alpha value is -3.84. The third-order valence-electron chi connectivity index (χ3n) is 5.51. The minimum atomic E-state index is 1.09. The van der Waals surface area contributed by atoms with Crippen LogP contribution in [0.1, 0.15) is 33.4 Å². The van der Waals surface area contributed by atoms with Crippen LogP contribution in [0.5, 0.6) is 0 Å². The third-order valence-corrected chi connectivity index (χ3v) is 5.51. The van der Waals surface area contributed by atoms with E-state index in [9.17, 15) is 0 Å². The van der Waals surface area contributed by atoms with E-state index in [1.165, 1.54) is 39.0 Å². The molecule has 0 heterocycles. The Morgan fingerprint density at radius 2 is 1.07 bits per heavy atom. The minimum Gasteiger partial charge on any atom is -0.356 e. The number of nitrogens with one attached hydrogen (secondary N) is 1. The van der Waals surface area contributed by atoms with Crippen molar-refractivity contribution in [2.45, 2.75) is 6.92 Å². The zero-order valence-corrected chi connectivity index (χ0v) is 17.0. The summed E-state index contributed by atoms with van der Waals surface area (Å²) in [4.78, 5) is 0. The van der Waals surface area contributed by atoms with E-state index in [1.807, 2.05) is 0 Å². The van der Waals surface area contributed by atoms with Gasteiger partial charge in [0.1, 0.15) is 0 Å². The number of hydrogen-bond acceptors (Lipinski definition) is 1. The van der Waals surface area contributed by atoms with Crippen LogP contribution in [-0.4, -0.2) is 0 Å². The van der Waals surface area contributed by atoms with Gasteiger partial charge in [-0.25, -0.2) is 0 Å². The van der Waals surface area contributed by atoms with Crippen LogP contribution in [0, 0.1) is 6.92 Å². The summed E-state index contributed by atoms with van der Waals surface area (Å²) < 4.78 is 0. The number of benzene rings is 4. The summed E-state index contributed by atoms with van der Waals surface area (Å²) in [5, 5.41) is 3.47. The van der Waals surface area contributed by atoms with Gasteiger partial charge < -0.3 is 5.32 Å². The molecule has 1 nitrogen and oxygen atoms in total. The van der Waals surface area contributed by atoms with E-state index in [2.05, 4.69) is 128 Å². The number of fused-ring (bicyclic) bond motifs is 2. The molecule has 0 radical (unpaired) electrons. The summed E-state index contributed by atoms with van der Waals surface area (Å²) in [5.74, 6) is 0. The lowest BCUT2D eigenvalue weighted by molar-refractivity contribution is 1.45. The van der Waals surface area contributed by atoms with Gasteiger partial charge in [-0.3, -0.25) is 0 Å². The molecule has 0 aromatic heterocycles. The monoisotopic (exact) mass is 385 g/mol. The molecule has 30 heavy (non-hydrogen) atoms. The fraction of sp³-hybridized carbons (Fsp3) is 0.0345. The molecule has 0 spiro atoms. The van der Waals surface area contributed by atoms with Gasteiger partial charge in [0.2, 0.25) is 0 Å². The largest absolute Gasteiger partial charge is 0.356 e. The van der Waals surface area contributed by atoms with Crippen LogP contribution in [0.2, 0.25) is 0 Å². The van der Waals surface area contributed by atoms with E-state index < -0.39 is 0 Å². The van der Waals surface area contributed by atoms with E-state index in [1.54, 1.807) is 0 Å². The first-order chi connectivity index (χ1) is 14.8. The van der Waals surface area contributed by atoms with Crippen molar-refractivity contribution >= 4 is 35.2 Å². The maximum Gasteiger partial charge on any atom is 0.0384 e. The Labute approximate surface area is 178 Å². The molecule has 1 N–H and O–H groups in total. The van der Waals surface area contributed by atoms with Crippen LogP contribution in [0.3, 0.4) is 0 Å². The highest BCUT2D eigenvalue weighted by molar-refractivity contribution is 6.00. The second-order valence-corrected chi connectivity index (χ2v) is 7.68. The molecular formula is C29H23N. The molecular weight excluding hydrogens is 362 g/mol. The molecule has 0 unspecified atom stereocenters. The van der Waals surface area contributed by atoms with Crippen molar-refractivity contribution in [1.82, 2.24) is 0 Å². The molecule has 5 rings (SSSR count). The standard InChI is InChI=1S/C29H23N/c1-21-10-16-25(17-11-21)30-26-18-12-22(13-19-26)20-29-27-8-4-2-6-23(27)14-15-24-7-3-5-9-28(24)29/h2-20,30H,1H3. The maximum absolute atomic E-state index is 3.47. The molecule has 1 aliphatic carbocycles. The first kappa shape index (κ1) is 18.2. The van der Waals surface area contributed by atoms with Crippen LogP contribution in [-0.2, 0) is 0 Å². The summed E-state index contributed by atoms with van der Waals surface area (Å²) in [6.07, 6.45) is 6.72. The molecule has 0 aliphatic heterocycles. The molecule has 0 amide bonds. The zero-order chi connectivity index (χ0) is 20.3. The minimum absolute atomic E-state index is 1.09. The average Bonchev–Trinajstić information content (AvgIpc) is 2.94. The van der Waals surface area contributed by atoms with Gasteiger partial charge in [-0.05, 0) is 70.7 Å². The highest BCUT2D eigenvalue weighted by Crippen LogP contribution is 2.35. The Morgan fingerprint density at radius 1 is 0.567 bits per heavy atom. The molecule has 0 bridgehead atoms. The lowest BCUT2D eigenvalue weighted by Gasteiger charge is -2.12. The molecule has 1 aliphatic rings. The van der Waals surface area contributed by atoms with Gasteiger partial charge in [-0.2, -0.15) is 0 Å². The van der Waals surface area contributed by atoms with Gasteiger partial charge in [-0.15, -0.1) is 0 Å². The molecule has 1 heteroatoms. The third kappa shape index (κ3) is 3.70. The quantitative estimate of drug-likeness (QED) is 0.334. The van der Waals surface area contributed by atoms with Gasteiger partial charge in [-0.1, -0.05) is 90.5 Å². The van der Waals surface area contributed by atoms with Crippen molar-refractivity contribution in [2.75, 3.05) is 5.32 Å². The normalized spacial score (nSPS) is 12.0. The fourth-order valence-electron chi connectivity index (χ4n) is 3.89. The summed E-state index contributed by atoms with van der Waals surface area (Å²) in [5.41, 5.74) is 10.9. The second-order valence-electron chi connectivity index (χ2n) is 7.68. The zero-order valence-electron chi connectivity index (χ0n) is 17.0. The van der Waals surface area contributed by atoms with E-state index >= 15 is 0 Å². The highest BCUT2D eigenvalue weighted by Gasteiger charge is 2.14. The van der Waals surface area contributed by atoms with Gasteiger partial charge in [0.15, 0.2) is 0 Å². The number of rotatable bonds is 3. The Kier molecular flexibility index (Phi) is 4.78. The summed E-state index contributed by atoms with van der Waals surface area (Å²) >= 11 is 0. The van der Waals surface area contributed by atoms with Gasteiger partial charge in [0, 0.05) is 11.4 Å². The van der Waals surface area contributed by atoms with Crippen LogP contribution in [0.4, 0.5) is 11.4 Å². The summed E-state index contributed by atoms with van der Waals surface area (Å²) in [6, 6.07) is 34.3. The van der Waals surface area contributed by atoms with Crippen molar-refractivity contribution in [3.05, 3.63) is 130 Å². The van der Waals surface area contributed by atoms with E-state index in [4.69, 9.17) is 0 Å². The van der Waals surface area contributed by atoms with Crippen LogP contribution < -0.4 is 5.32 Å². The van der Waals surface area contributed by atoms with Crippen LogP contribution >= 0.6 is 0 Å². The summed E-state index contributed by atoms with van der Waals surface area (Å²) in [6.45, 7) is 2.10. The molecule has 0 saturated heterocycles. The lowest BCUT2D eigenvalue weighted by Crippen LogP contribution is -1.93. The topological polar surface area (TPSA) is 12.0 Å². The maximum atomic E-state index is 3.47. The summed E-state index contributed by atoms with van der Waals surface area (Å²) in [7, 11) is 0. The first-order valence-corrected chi connectivity index (χ1v) is 10.3. The van der Waals surface area contributed by atoms with Crippen molar-refractivity contribution in [1.29, 1.82) is 0 Å². The Balaban J connectivity index is 1.51. The van der Waals surface area contributed by atoms with Gasteiger partial charge >= 0.3 is 0 Å². The Bertz CT molecular complexity index is 1190. The predicted octanol–water partition coefficient (Wildman–Crippen LogP) is 7.81. The average molecular weight is 386 g/mol. The van der Waals surface area contributed by atoms with Gasteiger partial charge in [0.25, 0.3) is 0 Å². The number of hydrogen-bond donors (Lipinski definition) is 1. The smallest absolute Gasteiger partial charge is 0.0384 e. The number of anilines is 2. The number of aryl methyl sites for hydroxylation is 1. The van der Waals surface area contributed by atoms with Crippen molar-refractivity contribution in [2.24, 2.45) is 0 Å². The second kappa shape index (κ2) is 7.88.